The summed E-state index contributed by atoms with van der Waals surface area (Å²) in [5.41, 5.74) is 2.57. The van der Waals surface area contributed by atoms with E-state index in [1.807, 2.05) is 0 Å². The molecular weight excluding hydrogens is 286 g/mol. The van der Waals surface area contributed by atoms with Gasteiger partial charge in [-0.1, -0.05) is 26.8 Å². The molecule has 3 heteroatoms. The molecule has 3 aliphatic heterocycles. The molecule has 0 radical (unpaired) electrons. The largest absolute Gasteiger partial charge is 0.487 e. The minimum absolute atomic E-state index is 0.142. The van der Waals surface area contributed by atoms with Crippen molar-refractivity contribution in [3.8, 4) is 5.75 Å². The zero-order valence-electron chi connectivity index (χ0n) is 15.0. The molecule has 4 atom stereocenters. The van der Waals surface area contributed by atoms with Crippen LogP contribution in [0.25, 0.3) is 0 Å². The fraction of sp³-hybridized carbons (Fsp3) is 0.700. The van der Waals surface area contributed by atoms with Crippen molar-refractivity contribution in [3.63, 3.8) is 0 Å². The van der Waals surface area contributed by atoms with Crippen molar-refractivity contribution in [1.29, 1.82) is 0 Å². The molecule has 3 nitrogen and oxygen atoms in total. The predicted molar refractivity (Wildman–Crippen MR) is 92.0 cm³/mol. The maximum atomic E-state index is 6.60. The standard InChI is InChI=1S/C20H29NO2/c1-19(2,3)12-6-7-16-13(10-12)18-14(20(4,5)23-16)11-15-17(22-18)8-9-21-15/h6-7,10,14-15,17-18,21H,8-9,11H2,1-5H3/t14-,15-,17-,18+/m0/s1. The fourth-order valence-electron chi connectivity index (χ4n) is 4.45. The van der Waals surface area contributed by atoms with Crippen LogP contribution in [-0.4, -0.2) is 24.3 Å². The van der Waals surface area contributed by atoms with E-state index in [4.69, 9.17) is 9.47 Å². The molecule has 126 valence electrons. The lowest BCUT2D eigenvalue weighted by atomic mass is 9.73. The first-order valence-electron chi connectivity index (χ1n) is 8.98. The lowest BCUT2D eigenvalue weighted by Crippen LogP contribution is -2.53. The molecule has 0 aromatic heterocycles. The second kappa shape index (κ2) is 4.97. The van der Waals surface area contributed by atoms with Crippen molar-refractivity contribution in [2.75, 3.05) is 6.54 Å². The van der Waals surface area contributed by atoms with Gasteiger partial charge in [0.2, 0.25) is 0 Å². The summed E-state index contributed by atoms with van der Waals surface area (Å²) in [6.07, 6.45) is 2.79. The molecule has 4 rings (SSSR count). The number of benzene rings is 1. The molecule has 2 fully saturated rings. The molecule has 2 saturated heterocycles. The monoisotopic (exact) mass is 315 g/mol. The average Bonchev–Trinajstić information content (AvgIpc) is 2.91. The van der Waals surface area contributed by atoms with Crippen LogP contribution < -0.4 is 10.1 Å². The van der Waals surface area contributed by atoms with Crippen LogP contribution in [0.3, 0.4) is 0 Å². The molecule has 1 aromatic carbocycles. The maximum absolute atomic E-state index is 6.60. The molecule has 1 N–H and O–H groups in total. The second-order valence-electron chi connectivity index (χ2n) is 8.99. The van der Waals surface area contributed by atoms with E-state index in [0.717, 1.165) is 25.1 Å². The van der Waals surface area contributed by atoms with Gasteiger partial charge in [0.25, 0.3) is 0 Å². The number of ether oxygens (including phenoxy) is 2. The minimum Gasteiger partial charge on any atom is -0.487 e. The lowest BCUT2D eigenvalue weighted by molar-refractivity contribution is -0.152. The third-order valence-electron chi connectivity index (χ3n) is 5.93. The summed E-state index contributed by atoms with van der Waals surface area (Å²) in [5, 5.41) is 3.61. The van der Waals surface area contributed by atoms with Gasteiger partial charge in [-0.2, -0.15) is 0 Å². The van der Waals surface area contributed by atoms with E-state index in [-0.39, 0.29) is 17.1 Å². The van der Waals surface area contributed by atoms with Gasteiger partial charge in [0.05, 0.1) is 12.2 Å². The molecule has 1 aromatic rings. The van der Waals surface area contributed by atoms with Gasteiger partial charge in [-0.15, -0.1) is 0 Å². The van der Waals surface area contributed by atoms with E-state index >= 15 is 0 Å². The molecule has 0 unspecified atom stereocenters. The van der Waals surface area contributed by atoms with Gasteiger partial charge in [-0.3, -0.25) is 0 Å². The van der Waals surface area contributed by atoms with E-state index < -0.39 is 0 Å². The van der Waals surface area contributed by atoms with Crippen molar-refractivity contribution >= 4 is 0 Å². The van der Waals surface area contributed by atoms with Crippen molar-refractivity contribution in [1.82, 2.24) is 5.32 Å². The number of rotatable bonds is 0. The average molecular weight is 315 g/mol. The van der Waals surface area contributed by atoms with Crippen LogP contribution in [0.5, 0.6) is 5.75 Å². The van der Waals surface area contributed by atoms with Crippen molar-refractivity contribution in [3.05, 3.63) is 29.3 Å². The van der Waals surface area contributed by atoms with E-state index in [1.165, 1.54) is 11.1 Å². The van der Waals surface area contributed by atoms with E-state index in [0.29, 0.717) is 18.1 Å². The summed E-state index contributed by atoms with van der Waals surface area (Å²) < 4.78 is 13.0. The Morgan fingerprint density at radius 1 is 1.22 bits per heavy atom. The normalized spacial score (nSPS) is 35.0. The zero-order chi connectivity index (χ0) is 16.4. The summed E-state index contributed by atoms with van der Waals surface area (Å²) in [5.74, 6) is 1.41. The summed E-state index contributed by atoms with van der Waals surface area (Å²) in [6.45, 7) is 12.3. The molecule has 0 bridgehead atoms. The SMILES string of the molecule is CC(C)(C)c1ccc2c(c1)[C@H]1O[C@H]3CCN[C@H]3C[C@@H]1C(C)(C)O2. The molecule has 0 aliphatic carbocycles. The first-order chi connectivity index (χ1) is 10.8. The van der Waals surface area contributed by atoms with E-state index in [1.54, 1.807) is 0 Å². The smallest absolute Gasteiger partial charge is 0.125 e. The molecule has 0 saturated carbocycles. The third-order valence-corrected chi connectivity index (χ3v) is 5.93. The first-order valence-corrected chi connectivity index (χ1v) is 8.98. The number of fused-ring (bicyclic) bond motifs is 4. The Kier molecular flexibility index (Phi) is 3.34. The van der Waals surface area contributed by atoms with Crippen molar-refractivity contribution < 1.29 is 9.47 Å². The maximum Gasteiger partial charge on any atom is 0.125 e. The van der Waals surface area contributed by atoms with Gasteiger partial charge in [-0.25, -0.2) is 0 Å². The highest BCUT2D eigenvalue weighted by molar-refractivity contribution is 5.44. The number of nitrogens with one attached hydrogen (secondary N) is 1. The summed E-state index contributed by atoms with van der Waals surface area (Å²) in [4.78, 5) is 0. The van der Waals surface area contributed by atoms with Gasteiger partial charge in [0.1, 0.15) is 11.4 Å². The van der Waals surface area contributed by atoms with E-state index in [2.05, 4.69) is 58.1 Å². The van der Waals surface area contributed by atoms with Gasteiger partial charge in [0.15, 0.2) is 0 Å². The Morgan fingerprint density at radius 3 is 2.74 bits per heavy atom. The summed E-state index contributed by atoms with van der Waals surface area (Å²) in [6, 6.07) is 7.17. The summed E-state index contributed by atoms with van der Waals surface area (Å²) >= 11 is 0. The van der Waals surface area contributed by atoms with Crippen LogP contribution in [0, 0.1) is 5.92 Å². The van der Waals surface area contributed by atoms with E-state index in [9.17, 15) is 0 Å². The first kappa shape index (κ1) is 15.5. The molecule has 3 aliphatic rings. The van der Waals surface area contributed by atoms with Gasteiger partial charge >= 0.3 is 0 Å². The van der Waals surface area contributed by atoms with Gasteiger partial charge in [-0.05, 0) is 56.3 Å². The Labute approximate surface area is 139 Å². The second-order valence-corrected chi connectivity index (χ2v) is 8.99. The van der Waals surface area contributed by atoms with Crippen molar-refractivity contribution in [2.45, 2.75) is 76.7 Å². The van der Waals surface area contributed by atoms with Crippen LogP contribution in [0.2, 0.25) is 0 Å². The van der Waals surface area contributed by atoms with Crippen LogP contribution >= 0.6 is 0 Å². The topological polar surface area (TPSA) is 30.5 Å². The fourth-order valence-corrected chi connectivity index (χ4v) is 4.45. The number of hydrogen-bond donors (Lipinski definition) is 1. The Bertz CT molecular complexity index is 617. The highest BCUT2D eigenvalue weighted by Crippen LogP contribution is 2.52. The lowest BCUT2D eigenvalue weighted by Gasteiger charge is -2.50. The number of hydrogen-bond acceptors (Lipinski definition) is 3. The molecule has 23 heavy (non-hydrogen) atoms. The van der Waals surface area contributed by atoms with Gasteiger partial charge in [0, 0.05) is 17.5 Å². The van der Waals surface area contributed by atoms with Crippen molar-refractivity contribution in [2.24, 2.45) is 5.92 Å². The molecule has 0 spiro atoms. The minimum atomic E-state index is -0.184. The highest BCUT2D eigenvalue weighted by Gasteiger charge is 2.51. The van der Waals surface area contributed by atoms with Gasteiger partial charge < -0.3 is 14.8 Å². The Hall–Kier alpha value is -1.06. The van der Waals surface area contributed by atoms with Crippen LogP contribution in [-0.2, 0) is 10.2 Å². The van der Waals surface area contributed by atoms with Crippen LogP contribution in [0.15, 0.2) is 18.2 Å². The summed E-state index contributed by atoms with van der Waals surface area (Å²) in [7, 11) is 0. The molecule has 3 heterocycles. The van der Waals surface area contributed by atoms with Crippen LogP contribution in [0.4, 0.5) is 0 Å². The Balaban J connectivity index is 1.77. The molecule has 0 amide bonds. The zero-order valence-corrected chi connectivity index (χ0v) is 15.0. The molecular formula is C20H29NO2. The quantitative estimate of drug-likeness (QED) is 0.786. The third kappa shape index (κ3) is 2.49. The predicted octanol–water partition coefficient (Wildman–Crippen LogP) is 3.96. The van der Waals surface area contributed by atoms with Crippen LogP contribution in [0.1, 0.15) is 64.7 Å². The highest BCUT2D eigenvalue weighted by atomic mass is 16.5. The Morgan fingerprint density at radius 2 is 2.00 bits per heavy atom.